The average Bonchev–Trinajstić information content (AvgIpc) is 2.89. The molecular weight excluding hydrogens is 459 g/mol. The predicted octanol–water partition coefficient (Wildman–Crippen LogP) is 5.24. The lowest BCUT2D eigenvalue weighted by atomic mass is 9.92. The van der Waals surface area contributed by atoms with E-state index in [1.54, 1.807) is 42.5 Å². The fourth-order valence-corrected chi connectivity index (χ4v) is 4.28. The molecular formula is C29H21FN2O4. The highest BCUT2D eigenvalue weighted by Crippen LogP contribution is 2.30. The summed E-state index contributed by atoms with van der Waals surface area (Å²) < 4.78 is 19.6. The van der Waals surface area contributed by atoms with Crippen LogP contribution in [0.4, 0.5) is 14.9 Å². The molecule has 7 heteroatoms. The fraction of sp³-hybridized carbons (Fsp3) is 0.0690. The minimum atomic E-state index is -0.836. The number of nitrogens with one attached hydrogen (secondary N) is 1. The van der Waals surface area contributed by atoms with Crippen molar-refractivity contribution in [2.45, 2.75) is 6.42 Å². The molecule has 6 nitrogen and oxygen atoms in total. The topological polar surface area (TPSA) is 75.7 Å². The summed E-state index contributed by atoms with van der Waals surface area (Å²) in [5.74, 6) is -1.32. The number of amides is 4. The molecule has 36 heavy (non-hydrogen) atoms. The smallest absolute Gasteiger partial charge is 0.335 e. The van der Waals surface area contributed by atoms with Crippen molar-refractivity contribution in [1.82, 2.24) is 5.32 Å². The van der Waals surface area contributed by atoms with Gasteiger partial charge in [0.15, 0.2) is 0 Å². The molecule has 5 rings (SSSR count). The number of benzene rings is 4. The minimum Gasteiger partial charge on any atom is -0.497 e. The first-order chi connectivity index (χ1) is 17.5. The second-order valence-electron chi connectivity index (χ2n) is 8.28. The minimum absolute atomic E-state index is 0.198. The number of ether oxygens (including phenoxy) is 1. The van der Waals surface area contributed by atoms with Crippen LogP contribution in [0.3, 0.4) is 0 Å². The van der Waals surface area contributed by atoms with Crippen molar-refractivity contribution in [2.24, 2.45) is 0 Å². The maximum Gasteiger partial charge on any atom is 0.335 e. The molecule has 0 aromatic heterocycles. The van der Waals surface area contributed by atoms with Gasteiger partial charge in [-0.05, 0) is 63.9 Å². The molecule has 0 atom stereocenters. The van der Waals surface area contributed by atoms with Crippen molar-refractivity contribution >= 4 is 40.4 Å². The molecule has 1 aliphatic heterocycles. The number of methoxy groups -OCH3 is 1. The van der Waals surface area contributed by atoms with E-state index in [4.69, 9.17) is 4.74 Å². The number of urea groups is 1. The highest BCUT2D eigenvalue weighted by atomic mass is 19.1. The van der Waals surface area contributed by atoms with Crippen molar-refractivity contribution in [3.63, 3.8) is 0 Å². The molecule has 4 amide bonds. The predicted molar refractivity (Wildman–Crippen MR) is 135 cm³/mol. The summed E-state index contributed by atoms with van der Waals surface area (Å²) in [5, 5.41) is 3.95. The summed E-state index contributed by atoms with van der Waals surface area (Å²) in [4.78, 5) is 39.8. The zero-order valence-electron chi connectivity index (χ0n) is 19.3. The molecule has 0 bridgehead atoms. The van der Waals surface area contributed by atoms with E-state index in [1.165, 1.54) is 19.3 Å². The van der Waals surface area contributed by atoms with Gasteiger partial charge in [-0.2, -0.15) is 0 Å². The van der Waals surface area contributed by atoms with Crippen molar-refractivity contribution in [2.75, 3.05) is 12.0 Å². The Morgan fingerprint density at radius 1 is 0.861 bits per heavy atom. The number of halogens is 1. The van der Waals surface area contributed by atoms with Crippen molar-refractivity contribution in [1.29, 1.82) is 0 Å². The van der Waals surface area contributed by atoms with Crippen LogP contribution in [-0.4, -0.2) is 25.0 Å². The van der Waals surface area contributed by atoms with Crippen LogP contribution in [0.5, 0.6) is 5.75 Å². The van der Waals surface area contributed by atoms with Crippen LogP contribution in [0, 0.1) is 5.82 Å². The highest BCUT2D eigenvalue weighted by molar-refractivity contribution is 6.39. The zero-order chi connectivity index (χ0) is 25.2. The van der Waals surface area contributed by atoms with Crippen LogP contribution in [0.15, 0.2) is 90.5 Å². The van der Waals surface area contributed by atoms with Crippen LogP contribution in [0.25, 0.3) is 16.8 Å². The third kappa shape index (κ3) is 4.22. The van der Waals surface area contributed by atoms with Gasteiger partial charge in [0.25, 0.3) is 11.8 Å². The van der Waals surface area contributed by atoms with E-state index in [9.17, 15) is 18.8 Å². The molecule has 0 radical (unpaired) electrons. The van der Waals surface area contributed by atoms with Gasteiger partial charge in [-0.1, -0.05) is 54.6 Å². The molecule has 1 N–H and O–H groups in total. The first kappa shape index (κ1) is 23.0. The number of carbonyl (C=O) groups excluding carboxylic acids is 3. The zero-order valence-corrected chi connectivity index (χ0v) is 19.3. The van der Waals surface area contributed by atoms with E-state index in [0.29, 0.717) is 22.6 Å². The number of carbonyl (C=O) groups is 3. The third-order valence-electron chi connectivity index (χ3n) is 6.12. The largest absolute Gasteiger partial charge is 0.497 e. The summed E-state index contributed by atoms with van der Waals surface area (Å²) in [6.45, 7) is 0. The Balaban J connectivity index is 1.63. The van der Waals surface area contributed by atoms with Gasteiger partial charge in [-0.25, -0.2) is 14.1 Å². The van der Waals surface area contributed by atoms with Gasteiger partial charge in [0.2, 0.25) is 0 Å². The number of hydrogen-bond acceptors (Lipinski definition) is 4. The van der Waals surface area contributed by atoms with Crippen LogP contribution in [0.1, 0.15) is 16.7 Å². The van der Waals surface area contributed by atoms with Crippen LogP contribution in [-0.2, 0) is 16.0 Å². The van der Waals surface area contributed by atoms with E-state index >= 15 is 0 Å². The standard InChI is InChI=1S/C29H21FN2O4/c1-36-22-14-12-21(13-15-22)32-28(34)25(27(33)31-29(32)35)17-24-19(16-20-7-3-5-9-26(20)30)11-10-18-6-2-4-8-23(18)24/h2-15,17H,16H2,1H3,(H,31,33,35)/b25-17+. The van der Waals surface area contributed by atoms with Crippen LogP contribution in [0.2, 0.25) is 0 Å². The number of nitrogens with zero attached hydrogens (tertiary/aromatic N) is 1. The summed E-state index contributed by atoms with van der Waals surface area (Å²) in [6, 6.07) is 23.3. The third-order valence-corrected chi connectivity index (χ3v) is 6.12. The number of rotatable bonds is 5. The Morgan fingerprint density at radius 3 is 2.33 bits per heavy atom. The Labute approximate surface area is 206 Å². The number of barbiturate groups is 1. The molecule has 0 aliphatic carbocycles. The van der Waals surface area contributed by atoms with Gasteiger partial charge >= 0.3 is 6.03 Å². The number of anilines is 1. The summed E-state index contributed by atoms with van der Waals surface area (Å²) in [7, 11) is 1.51. The number of hydrogen-bond donors (Lipinski definition) is 1. The van der Waals surface area contributed by atoms with Gasteiger partial charge in [0.1, 0.15) is 17.1 Å². The lowest BCUT2D eigenvalue weighted by Crippen LogP contribution is -2.54. The van der Waals surface area contributed by atoms with Gasteiger partial charge in [-0.3, -0.25) is 14.9 Å². The molecule has 0 unspecified atom stereocenters. The Morgan fingerprint density at radius 2 is 1.58 bits per heavy atom. The molecule has 1 heterocycles. The van der Waals surface area contributed by atoms with Crippen molar-refractivity contribution in [3.05, 3.63) is 113 Å². The lowest BCUT2D eigenvalue weighted by molar-refractivity contribution is -0.122. The molecule has 4 aromatic carbocycles. The molecule has 1 fully saturated rings. The van der Waals surface area contributed by atoms with Crippen molar-refractivity contribution in [3.8, 4) is 5.75 Å². The van der Waals surface area contributed by atoms with E-state index in [0.717, 1.165) is 21.2 Å². The monoisotopic (exact) mass is 480 g/mol. The first-order valence-corrected chi connectivity index (χ1v) is 11.3. The van der Waals surface area contributed by atoms with E-state index in [-0.39, 0.29) is 17.8 Å². The first-order valence-electron chi connectivity index (χ1n) is 11.3. The molecule has 0 spiro atoms. The van der Waals surface area contributed by atoms with Crippen molar-refractivity contribution < 1.29 is 23.5 Å². The van der Waals surface area contributed by atoms with Gasteiger partial charge < -0.3 is 4.74 Å². The van der Waals surface area contributed by atoms with Gasteiger partial charge in [0.05, 0.1) is 12.8 Å². The normalized spacial score (nSPS) is 14.9. The SMILES string of the molecule is COc1ccc(N2C(=O)NC(=O)/C(=C\c3c(Cc4ccccc4F)ccc4ccccc34)C2=O)cc1. The highest BCUT2D eigenvalue weighted by Gasteiger charge is 2.37. The Bertz CT molecular complexity index is 1540. The quantitative estimate of drug-likeness (QED) is 0.313. The summed E-state index contributed by atoms with van der Waals surface area (Å²) >= 11 is 0. The summed E-state index contributed by atoms with van der Waals surface area (Å²) in [6.07, 6.45) is 1.74. The van der Waals surface area contributed by atoms with Gasteiger partial charge in [0, 0.05) is 6.42 Å². The van der Waals surface area contributed by atoms with E-state index in [2.05, 4.69) is 5.32 Å². The second-order valence-corrected chi connectivity index (χ2v) is 8.28. The van der Waals surface area contributed by atoms with E-state index < -0.39 is 17.8 Å². The molecule has 1 saturated heterocycles. The lowest BCUT2D eigenvalue weighted by Gasteiger charge is -2.26. The molecule has 4 aromatic rings. The Kier molecular flexibility index (Phi) is 6.04. The average molecular weight is 480 g/mol. The maximum atomic E-state index is 14.5. The molecule has 1 aliphatic rings. The number of fused-ring (bicyclic) bond motifs is 1. The van der Waals surface area contributed by atoms with Crippen LogP contribution >= 0.6 is 0 Å². The van der Waals surface area contributed by atoms with E-state index in [1.807, 2.05) is 36.4 Å². The fourth-order valence-electron chi connectivity index (χ4n) is 4.28. The molecule has 178 valence electrons. The van der Waals surface area contributed by atoms with Crippen LogP contribution < -0.4 is 15.0 Å². The Hall–Kier alpha value is -4.78. The van der Waals surface area contributed by atoms with Gasteiger partial charge in [-0.15, -0.1) is 0 Å². The number of imide groups is 2. The maximum absolute atomic E-state index is 14.5. The molecule has 0 saturated carbocycles. The summed E-state index contributed by atoms with van der Waals surface area (Å²) in [5.41, 5.74) is 1.93. The second kappa shape index (κ2) is 9.46.